The van der Waals surface area contributed by atoms with Gasteiger partial charge in [0.25, 0.3) is 0 Å². The number of unbranched alkanes of at least 4 members (excludes halogenated alkanes) is 23. The maximum Gasteiger partial charge on any atom is 0.306 e. The van der Waals surface area contributed by atoms with Crippen LogP contribution in [0.1, 0.15) is 387 Å². The minimum absolute atomic E-state index is 0.0251. The number of carbonyl (C=O) groups excluding carboxylic acids is 4. The summed E-state index contributed by atoms with van der Waals surface area (Å²) in [5.74, 6) is 3.48. The predicted octanol–water partition coefficient (Wildman–Crippen LogP) is 24.6. The molecule has 9 heteroatoms. The summed E-state index contributed by atoms with van der Waals surface area (Å²) in [5, 5.41) is 3.41. The van der Waals surface area contributed by atoms with Crippen LogP contribution in [0.25, 0.3) is 0 Å². The van der Waals surface area contributed by atoms with Gasteiger partial charge in [0.1, 0.15) is 11.6 Å². The molecule has 0 rings (SSSR count). The Kier molecular flexibility index (Phi) is 95.7. The standard InChI is InChI=1S/C17H31NO3.C15H30O.C14H28O2.2C12H24O.C4H10.C2H6/c1-6-9-14(4)18-16(10-12-20-15(5)7-2)11-13-21-17(19)8-3;1-4-6-7-8-9-10-11-12-15(16)13-14(3)5-2;1-4-6-7-8-9-10-11-16-14(15)12-13(3)5-2;1-4-6-7-8-9-10-11-13-12(3)5-2;1-3-5-6-7-8-9-10-11-12(13)4-2;1-3-4-2;1-2/h16,18H,4-13H2,1-3H3;14H,4-13H2,1-3H3;13H,4-12H2,1-3H3;2*3-11H2,1-2H3;3-4H2,1-2H3;1-2H3. The summed E-state index contributed by atoms with van der Waals surface area (Å²) in [6.45, 7) is 50.0. The molecule has 0 heterocycles. The Balaban J connectivity index is -0.000000176. The molecule has 0 aliphatic carbocycles. The van der Waals surface area contributed by atoms with E-state index in [1.165, 1.54) is 161 Å². The van der Waals surface area contributed by atoms with Gasteiger partial charge in [-0.2, -0.15) is 0 Å². The monoisotopic (exact) mass is 1210 g/mol. The van der Waals surface area contributed by atoms with E-state index in [4.69, 9.17) is 18.9 Å². The molecule has 0 bridgehead atoms. The fourth-order valence-corrected chi connectivity index (χ4v) is 7.94. The molecule has 0 aliphatic heterocycles. The number of carbonyl (C=O) groups is 4. The average molecular weight is 1210 g/mol. The van der Waals surface area contributed by atoms with Crippen molar-refractivity contribution in [2.75, 3.05) is 26.4 Å². The Morgan fingerprint density at radius 3 is 1.05 bits per heavy atom. The number of rotatable bonds is 53. The highest BCUT2D eigenvalue weighted by Crippen LogP contribution is 2.15. The molecule has 3 unspecified atom stereocenters. The summed E-state index contributed by atoms with van der Waals surface area (Å²) in [6, 6.07) is 0.207. The van der Waals surface area contributed by atoms with Gasteiger partial charge in [-0.3, -0.25) is 19.2 Å². The number of allylic oxidation sites excluding steroid dienone is 3. The number of hydrogen-bond acceptors (Lipinski definition) is 9. The largest absolute Gasteiger partial charge is 0.499 e. The second kappa shape index (κ2) is 85.1. The Morgan fingerprint density at radius 2 is 0.682 bits per heavy atom. The van der Waals surface area contributed by atoms with E-state index in [2.05, 4.69) is 108 Å². The topological polar surface area (TPSA) is 117 Å². The van der Waals surface area contributed by atoms with Crippen LogP contribution in [0.2, 0.25) is 0 Å². The summed E-state index contributed by atoms with van der Waals surface area (Å²) in [6.07, 6.45) is 47.8. The SMILES string of the molecule is C=C(CC)OCCCCCCCC.C=C(CCC)NC(CCOC(=C)CC)CCOC(=O)CC.CC.CCCC.CCCCCCCCCC(=O)CC.CCCCCCCCCC(=O)CC(C)CC.CCCCCCCCOC(=O)CC(C)CC. The lowest BCUT2D eigenvalue weighted by Crippen LogP contribution is -2.31. The van der Waals surface area contributed by atoms with Crippen LogP contribution in [0.3, 0.4) is 0 Å². The van der Waals surface area contributed by atoms with Crippen molar-refractivity contribution in [2.24, 2.45) is 11.8 Å². The third kappa shape index (κ3) is 94.8. The molecule has 3 atom stereocenters. The van der Waals surface area contributed by atoms with E-state index in [0.29, 0.717) is 56.1 Å². The molecule has 0 fully saturated rings. The lowest BCUT2D eigenvalue weighted by atomic mass is 9.98. The number of ketones is 2. The highest BCUT2D eigenvalue weighted by Gasteiger charge is 2.12. The number of nitrogens with one attached hydrogen (secondary N) is 1. The van der Waals surface area contributed by atoms with Gasteiger partial charge in [0.2, 0.25) is 0 Å². The van der Waals surface area contributed by atoms with Crippen molar-refractivity contribution in [2.45, 2.75) is 393 Å². The first-order valence-corrected chi connectivity index (χ1v) is 36.4. The van der Waals surface area contributed by atoms with E-state index in [1.807, 2.05) is 27.7 Å². The normalized spacial score (nSPS) is 11.1. The number of esters is 2. The number of hydrogen-bond donors (Lipinski definition) is 1. The van der Waals surface area contributed by atoms with Crippen molar-refractivity contribution in [1.29, 1.82) is 0 Å². The molecular weight excluding hydrogens is 1050 g/mol. The zero-order chi connectivity index (χ0) is 65.8. The lowest BCUT2D eigenvalue weighted by Gasteiger charge is -2.21. The van der Waals surface area contributed by atoms with E-state index in [9.17, 15) is 19.2 Å². The predicted molar refractivity (Wildman–Crippen MR) is 376 cm³/mol. The summed E-state index contributed by atoms with van der Waals surface area (Å²) >= 11 is 0. The molecule has 510 valence electrons. The van der Waals surface area contributed by atoms with Crippen molar-refractivity contribution in [3.05, 3.63) is 37.0 Å². The van der Waals surface area contributed by atoms with E-state index in [1.54, 1.807) is 6.92 Å². The fourth-order valence-electron chi connectivity index (χ4n) is 7.94. The third-order valence-electron chi connectivity index (χ3n) is 14.6. The van der Waals surface area contributed by atoms with Crippen LogP contribution in [0.15, 0.2) is 37.0 Å². The van der Waals surface area contributed by atoms with Gasteiger partial charge in [-0.05, 0) is 43.9 Å². The minimum Gasteiger partial charge on any atom is -0.499 e. The molecule has 0 radical (unpaired) electrons. The molecule has 85 heavy (non-hydrogen) atoms. The summed E-state index contributed by atoms with van der Waals surface area (Å²) in [7, 11) is 0. The van der Waals surface area contributed by atoms with Crippen molar-refractivity contribution in [1.82, 2.24) is 5.32 Å². The van der Waals surface area contributed by atoms with Gasteiger partial charge in [0, 0.05) is 75.9 Å². The quantitative estimate of drug-likeness (QED) is 0.0361. The van der Waals surface area contributed by atoms with Crippen LogP contribution in [-0.2, 0) is 38.1 Å². The lowest BCUT2D eigenvalue weighted by molar-refractivity contribution is -0.145. The molecule has 9 nitrogen and oxygen atoms in total. The average Bonchev–Trinajstić information content (AvgIpc) is 3.50. The maximum atomic E-state index is 11.5. The fraction of sp³-hybridized carbons (Fsp3) is 0.868. The van der Waals surface area contributed by atoms with E-state index >= 15 is 0 Å². The maximum absolute atomic E-state index is 11.5. The van der Waals surface area contributed by atoms with Gasteiger partial charge in [-0.25, -0.2) is 0 Å². The number of ether oxygens (including phenoxy) is 4. The van der Waals surface area contributed by atoms with Crippen molar-refractivity contribution >= 4 is 23.5 Å². The highest BCUT2D eigenvalue weighted by molar-refractivity contribution is 5.78. The van der Waals surface area contributed by atoms with Crippen molar-refractivity contribution < 1.29 is 38.1 Å². The first-order valence-electron chi connectivity index (χ1n) is 36.4. The molecule has 0 aromatic rings. The molecule has 0 amide bonds. The van der Waals surface area contributed by atoms with E-state index in [0.717, 1.165) is 120 Å². The molecule has 0 saturated carbocycles. The van der Waals surface area contributed by atoms with Crippen LogP contribution in [0, 0.1) is 11.8 Å². The van der Waals surface area contributed by atoms with Crippen LogP contribution in [0.4, 0.5) is 0 Å². The Hall–Kier alpha value is -3.10. The zero-order valence-electron chi connectivity index (χ0n) is 60.6. The zero-order valence-corrected chi connectivity index (χ0v) is 60.6. The van der Waals surface area contributed by atoms with Crippen molar-refractivity contribution in [3.8, 4) is 0 Å². The minimum atomic E-state index is -0.156. The molecular formula is C76H153NO8. The second-order valence-electron chi connectivity index (χ2n) is 23.2. The Labute approximate surface area is 533 Å². The van der Waals surface area contributed by atoms with Gasteiger partial charge < -0.3 is 24.3 Å². The summed E-state index contributed by atoms with van der Waals surface area (Å²) in [4.78, 5) is 45.0. The third-order valence-corrected chi connectivity index (χ3v) is 14.6. The molecule has 0 saturated heterocycles. The van der Waals surface area contributed by atoms with Gasteiger partial charge in [0.05, 0.1) is 37.9 Å². The molecule has 0 aliphatic rings. The number of Topliss-reactive ketones (excluding diaryl/α,β-unsaturated/α-hetero) is 2. The van der Waals surface area contributed by atoms with Gasteiger partial charge in [0.15, 0.2) is 0 Å². The van der Waals surface area contributed by atoms with Crippen LogP contribution in [-0.4, -0.2) is 56.0 Å². The van der Waals surface area contributed by atoms with Crippen LogP contribution < -0.4 is 5.32 Å². The summed E-state index contributed by atoms with van der Waals surface area (Å²) in [5.41, 5.74) is 1.03. The van der Waals surface area contributed by atoms with Crippen LogP contribution >= 0.6 is 0 Å². The van der Waals surface area contributed by atoms with Crippen molar-refractivity contribution in [3.63, 3.8) is 0 Å². The molecule has 1 N–H and O–H groups in total. The molecule has 0 aromatic carbocycles. The smallest absolute Gasteiger partial charge is 0.306 e. The van der Waals surface area contributed by atoms with E-state index < -0.39 is 0 Å². The Bertz CT molecular complexity index is 1290. The first kappa shape index (κ1) is 95.5. The van der Waals surface area contributed by atoms with Gasteiger partial charge in [-0.1, -0.05) is 311 Å². The molecule has 0 aromatic heterocycles. The van der Waals surface area contributed by atoms with Gasteiger partial charge in [-0.15, -0.1) is 0 Å². The van der Waals surface area contributed by atoms with E-state index in [-0.39, 0.29) is 18.0 Å². The second-order valence-corrected chi connectivity index (χ2v) is 23.2. The Morgan fingerprint density at radius 1 is 0.341 bits per heavy atom. The highest BCUT2D eigenvalue weighted by atomic mass is 16.5. The van der Waals surface area contributed by atoms with Gasteiger partial charge >= 0.3 is 11.9 Å². The van der Waals surface area contributed by atoms with Crippen LogP contribution in [0.5, 0.6) is 0 Å². The summed E-state index contributed by atoms with van der Waals surface area (Å²) < 4.78 is 21.3. The molecule has 0 spiro atoms. The first-order chi connectivity index (χ1) is 41.0.